The van der Waals surface area contributed by atoms with Gasteiger partial charge in [-0.15, -0.1) is 12.4 Å². The van der Waals surface area contributed by atoms with Crippen LogP contribution < -0.4 is 5.32 Å². The quantitative estimate of drug-likeness (QED) is 0.908. The molecule has 6 heteroatoms. The van der Waals surface area contributed by atoms with Crippen molar-refractivity contribution in [2.75, 3.05) is 26.7 Å². The average molecular weight is 352 g/mol. The molecule has 0 spiro atoms. The number of halogens is 3. The van der Waals surface area contributed by atoms with Crippen LogP contribution in [0.15, 0.2) is 22.7 Å². The van der Waals surface area contributed by atoms with Crippen LogP contribution in [-0.4, -0.2) is 37.5 Å². The van der Waals surface area contributed by atoms with E-state index in [0.29, 0.717) is 19.0 Å². The Morgan fingerprint density at radius 1 is 1.58 bits per heavy atom. The fraction of sp³-hybridized carbons (Fsp3) is 0.462. The third kappa shape index (κ3) is 3.91. The van der Waals surface area contributed by atoms with Gasteiger partial charge in [0.1, 0.15) is 5.82 Å². The number of carbonyl (C=O) groups is 1. The summed E-state index contributed by atoms with van der Waals surface area (Å²) in [6.45, 7) is 2.30. The van der Waals surface area contributed by atoms with Gasteiger partial charge in [-0.05, 0) is 44.1 Å². The summed E-state index contributed by atoms with van der Waals surface area (Å²) < 4.78 is 14.4. The number of hydrogen-bond donors (Lipinski definition) is 1. The second-order valence-electron chi connectivity index (χ2n) is 4.59. The van der Waals surface area contributed by atoms with Gasteiger partial charge in [-0.2, -0.15) is 0 Å². The molecule has 2 rings (SSSR count). The van der Waals surface area contributed by atoms with E-state index in [1.165, 1.54) is 6.07 Å². The molecule has 1 aliphatic rings. The van der Waals surface area contributed by atoms with Gasteiger partial charge in [0.05, 0.1) is 5.56 Å². The summed E-state index contributed by atoms with van der Waals surface area (Å²) >= 11 is 3.26. The zero-order valence-electron chi connectivity index (χ0n) is 10.7. The molecule has 1 atom stereocenters. The average Bonchev–Trinajstić information content (AvgIpc) is 2.80. The van der Waals surface area contributed by atoms with Crippen LogP contribution in [-0.2, 0) is 0 Å². The molecule has 0 saturated carbocycles. The number of rotatable bonds is 3. The molecule has 1 heterocycles. The third-order valence-corrected chi connectivity index (χ3v) is 3.72. The van der Waals surface area contributed by atoms with Crippen LogP contribution in [0.2, 0.25) is 0 Å². The smallest absolute Gasteiger partial charge is 0.256 e. The van der Waals surface area contributed by atoms with Gasteiger partial charge in [-0.25, -0.2) is 4.39 Å². The zero-order valence-corrected chi connectivity index (χ0v) is 13.1. The van der Waals surface area contributed by atoms with Crippen LogP contribution >= 0.6 is 28.3 Å². The van der Waals surface area contributed by atoms with Crippen LogP contribution in [0.1, 0.15) is 16.8 Å². The minimum Gasteiger partial charge on any atom is -0.338 e. The van der Waals surface area contributed by atoms with E-state index in [-0.39, 0.29) is 23.9 Å². The van der Waals surface area contributed by atoms with Crippen LogP contribution in [0.25, 0.3) is 0 Å². The molecule has 3 nitrogen and oxygen atoms in total. The summed E-state index contributed by atoms with van der Waals surface area (Å²) in [4.78, 5) is 13.9. The lowest BCUT2D eigenvalue weighted by atomic mass is 10.1. The Kier molecular flexibility index (Phi) is 6.23. The van der Waals surface area contributed by atoms with Gasteiger partial charge in [-0.3, -0.25) is 4.79 Å². The van der Waals surface area contributed by atoms with E-state index in [4.69, 9.17) is 0 Å². The van der Waals surface area contributed by atoms with Gasteiger partial charge < -0.3 is 10.2 Å². The van der Waals surface area contributed by atoms with Crippen molar-refractivity contribution in [3.05, 3.63) is 34.1 Å². The molecule has 19 heavy (non-hydrogen) atoms. The largest absolute Gasteiger partial charge is 0.338 e. The molecule has 1 saturated heterocycles. The molecule has 0 aliphatic carbocycles. The van der Waals surface area contributed by atoms with Gasteiger partial charge in [0.25, 0.3) is 5.91 Å². The monoisotopic (exact) mass is 350 g/mol. The van der Waals surface area contributed by atoms with Crippen LogP contribution in [0.4, 0.5) is 4.39 Å². The fourth-order valence-electron chi connectivity index (χ4n) is 2.30. The standard InChI is InChI=1S/C13H16BrFN2O.ClH/c1-16-7-9-4-5-17(8-9)13(18)11-6-10(14)2-3-12(11)15;/h2-3,6,9,16H,4-5,7-8H2,1H3;1H. The molecule has 1 aromatic carbocycles. The minimum absolute atomic E-state index is 0. The van der Waals surface area contributed by atoms with E-state index in [1.807, 2.05) is 7.05 Å². The lowest BCUT2D eigenvalue weighted by molar-refractivity contribution is 0.0782. The predicted molar refractivity (Wildman–Crippen MR) is 79.3 cm³/mol. The maximum Gasteiger partial charge on any atom is 0.256 e. The van der Waals surface area contributed by atoms with Crippen molar-refractivity contribution in [1.29, 1.82) is 0 Å². The van der Waals surface area contributed by atoms with Gasteiger partial charge >= 0.3 is 0 Å². The molecule has 1 fully saturated rings. The summed E-state index contributed by atoms with van der Waals surface area (Å²) in [5.41, 5.74) is 0.148. The van der Waals surface area contributed by atoms with Gasteiger partial charge in [0, 0.05) is 17.6 Å². The third-order valence-electron chi connectivity index (χ3n) is 3.22. The van der Waals surface area contributed by atoms with E-state index >= 15 is 0 Å². The normalized spacial score (nSPS) is 18.3. The molecule has 1 aliphatic heterocycles. The number of nitrogens with zero attached hydrogens (tertiary/aromatic N) is 1. The Morgan fingerprint density at radius 3 is 3.00 bits per heavy atom. The first-order valence-corrected chi connectivity index (χ1v) is 6.80. The molecule has 106 valence electrons. The summed E-state index contributed by atoms with van der Waals surface area (Å²) in [7, 11) is 1.90. The summed E-state index contributed by atoms with van der Waals surface area (Å²) in [5.74, 6) is -0.207. The zero-order chi connectivity index (χ0) is 13.1. The first-order chi connectivity index (χ1) is 8.61. The Labute approximate surface area is 127 Å². The molecule has 1 unspecified atom stereocenters. The number of likely N-dealkylation sites (tertiary alicyclic amines) is 1. The van der Waals surface area contributed by atoms with E-state index < -0.39 is 5.82 Å². The lowest BCUT2D eigenvalue weighted by Crippen LogP contribution is -2.30. The van der Waals surface area contributed by atoms with Crippen molar-refractivity contribution in [3.8, 4) is 0 Å². The van der Waals surface area contributed by atoms with E-state index in [9.17, 15) is 9.18 Å². The van der Waals surface area contributed by atoms with Crippen molar-refractivity contribution in [2.45, 2.75) is 6.42 Å². The number of benzene rings is 1. The molecular weight excluding hydrogens is 335 g/mol. The molecule has 1 N–H and O–H groups in total. The molecular formula is C13H17BrClFN2O. The first kappa shape index (κ1) is 16.4. The Hall–Kier alpha value is -0.650. The molecule has 1 amide bonds. The highest BCUT2D eigenvalue weighted by molar-refractivity contribution is 9.10. The topological polar surface area (TPSA) is 32.3 Å². The predicted octanol–water partition coefficient (Wildman–Crippen LogP) is 2.69. The van der Waals surface area contributed by atoms with E-state index in [2.05, 4.69) is 21.2 Å². The number of carbonyl (C=O) groups excluding carboxylic acids is 1. The van der Waals surface area contributed by atoms with Crippen LogP contribution in [0, 0.1) is 11.7 Å². The maximum absolute atomic E-state index is 13.6. The number of amides is 1. The summed E-state index contributed by atoms with van der Waals surface area (Å²) in [5, 5.41) is 3.11. The number of hydrogen-bond acceptors (Lipinski definition) is 2. The van der Waals surface area contributed by atoms with E-state index in [1.54, 1.807) is 17.0 Å². The molecule has 0 aromatic heterocycles. The minimum atomic E-state index is -0.458. The highest BCUT2D eigenvalue weighted by Crippen LogP contribution is 2.21. The Balaban J connectivity index is 0.00000180. The summed E-state index contributed by atoms with van der Waals surface area (Å²) in [6, 6.07) is 4.46. The molecule has 0 bridgehead atoms. The second kappa shape index (κ2) is 7.22. The van der Waals surface area contributed by atoms with Crippen LogP contribution in [0.3, 0.4) is 0 Å². The lowest BCUT2D eigenvalue weighted by Gasteiger charge is -2.17. The Bertz CT molecular complexity index is 458. The van der Waals surface area contributed by atoms with Gasteiger partial charge in [0.15, 0.2) is 0 Å². The van der Waals surface area contributed by atoms with Crippen molar-refractivity contribution in [2.24, 2.45) is 5.92 Å². The first-order valence-electron chi connectivity index (χ1n) is 6.00. The molecule has 0 radical (unpaired) electrons. The highest BCUT2D eigenvalue weighted by atomic mass is 79.9. The maximum atomic E-state index is 13.6. The van der Waals surface area contributed by atoms with Crippen molar-refractivity contribution >= 4 is 34.2 Å². The van der Waals surface area contributed by atoms with Crippen molar-refractivity contribution < 1.29 is 9.18 Å². The van der Waals surface area contributed by atoms with Crippen molar-refractivity contribution in [3.63, 3.8) is 0 Å². The molecule has 1 aromatic rings. The Morgan fingerprint density at radius 2 is 2.32 bits per heavy atom. The van der Waals surface area contributed by atoms with E-state index in [0.717, 1.165) is 17.4 Å². The SMILES string of the molecule is CNCC1CCN(C(=O)c2cc(Br)ccc2F)C1.Cl. The second-order valence-corrected chi connectivity index (χ2v) is 5.50. The van der Waals surface area contributed by atoms with Crippen molar-refractivity contribution in [1.82, 2.24) is 10.2 Å². The summed E-state index contributed by atoms with van der Waals surface area (Å²) in [6.07, 6.45) is 0.974. The fourth-order valence-corrected chi connectivity index (χ4v) is 2.67. The van der Waals surface area contributed by atoms with Gasteiger partial charge in [-0.1, -0.05) is 15.9 Å². The van der Waals surface area contributed by atoms with Gasteiger partial charge in [0.2, 0.25) is 0 Å². The number of nitrogens with one attached hydrogen (secondary N) is 1. The van der Waals surface area contributed by atoms with Crippen LogP contribution in [0.5, 0.6) is 0 Å². The highest BCUT2D eigenvalue weighted by Gasteiger charge is 2.27.